The van der Waals surface area contributed by atoms with Crippen LogP contribution in [0, 0.1) is 18.6 Å². The molecule has 0 unspecified atom stereocenters. The van der Waals surface area contributed by atoms with Gasteiger partial charge in [0.05, 0.1) is 18.0 Å². The molecule has 29 heavy (non-hydrogen) atoms. The van der Waals surface area contributed by atoms with E-state index in [0.717, 1.165) is 16.4 Å². The van der Waals surface area contributed by atoms with Crippen molar-refractivity contribution in [2.45, 2.75) is 39.7 Å². The van der Waals surface area contributed by atoms with E-state index in [2.05, 4.69) is 20.2 Å². The summed E-state index contributed by atoms with van der Waals surface area (Å²) in [6, 6.07) is 1.54. The van der Waals surface area contributed by atoms with Gasteiger partial charge in [0.25, 0.3) is 5.91 Å². The molecule has 0 aliphatic carbocycles. The minimum absolute atomic E-state index is 0.126. The van der Waals surface area contributed by atoms with Gasteiger partial charge in [-0.1, -0.05) is 0 Å². The molecule has 152 valence electrons. The topological polar surface area (TPSA) is 76.8 Å². The molecule has 0 fully saturated rings. The summed E-state index contributed by atoms with van der Waals surface area (Å²) in [6.07, 6.45) is 7.40. The fourth-order valence-corrected chi connectivity index (χ4v) is 3.12. The number of hydrogen-bond donors (Lipinski definition) is 0. The van der Waals surface area contributed by atoms with Crippen LogP contribution in [0.2, 0.25) is 0 Å². The maximum absolute atomic E-state index is 14.5. The summed E-state index contributed by atoms with van der Waals surface area (Å²) in [5, 5.41) is 7.78. The van der Waals surface area contributed by atoms with Crippen molar-refractivity contribution in [2.75, 3.05) is 6.54 Å². The molecule has 0 spiro atoms. The van der Waals surface area contributed by atoms with E-state index in [9.17, 15) is 13.6 Å². The minimum Gasteiger partial charge on any atom is -0.336 e. The van der Waals surface area contributed by atoms with E-state index in [1.54, 1.807) is 17.3 Å². The molecule has 2 heterocycles. The van der Waals surface area contributed by atoms with Crippen molar-refractivity contribution in [1.29, 1.82) is 0 Å². The fourth-order valence-electron chi connectivity index (χ4n) is 3.12. The van der Waals surface area contributed by atoms with E-state index in [0.29, 0.717) is 31.3 Å². The highest BCUT2D eigenvalue weighted by Gasteiger charge is 2.26. The molecule has 3 rings (SSSR count). The van der Waals surface area contributed by atoms with Gasteiger partial charge in [-0.3, -0.25) is 4.79 Å². The third kappa shape index (κ3) is 4.61. The number of aromatic nitrogens is 5. The molecular formula is C20H22F2N6O. The maximum Gasteiger partial charge on any atom is 0.256 e. The van der Waals surface area contributed by atoms with Gasteiger partial charge in [-0.25, -0.2) is 18.7 Å². The lowest BCUT2D eigenvalue weighted by atomic mass is 10.1. The van der Waals surface area contributed by atoms with Crippen molar-refractivity contribution in [3.63, 3.8) is 0 Å². The first-order valence-corrected chi connectivity index (χ1v) is 9.35. The summed E-state index contributed by atoms with van der Waals surface area (Å²) in [4.78, 5) is 24.3. The summed E-state index contributed by atoms with van der Waals surface area (Å²) in [7, 11) is 0. The van der Waals surface area contributed by atoms with E-state index < -0.39 is 17.5 Å². The van der Waals surface area contributed by atoms with Crippen LogP contribution < -0.4 is 0 Å². The lowest BCUT2D eigenvalue weighted by Gasteiger charge is -2.28. The van der Waals surface area contributed by atoms with E-state index in [1.807, 2.05) is 20.8 Å². The Labute approximate surface area is 167 Å². The number of aryl methyl sites for hydroxylation is 2. The summed E-state index contributed by atoms with van der Waals surface area (Å²) in [5.41, 5.74) is 0.674. The van der Waals surface area contributed by atoms with E-state index in [-0.39, 0.29) is 17.3 Å². The maximum atomic E-state index is 14.5. The highest BCUT2D eigenvalue weighted by molar-refractivity contribution is 5.98. The van der Waals surface area contributed by atoms with E-state index in [4.69, 9.17) is 0 Å². The largest absolute Gasteiger partial charge is 0.336 e. The number of nitrogens with zero attached hydrogens (tertiary/aromatic N) is 6. The summed E-state index contributed by atoms with van der Waals surface area (Å²) < 4.78 is 28.4. The van der Waals surface area contributed by atoms with Gasteiger partial charge in [-0.05, 0) is 38.8 Å². The van der Waals surface area contributed by atoms with Crippen LogP contribution in [-0.4, -0.2) is 48.4 Å². The monoisotopic (exact) mass is 400 g/mol. The summed E-state index contributed by atoms with van der Waals surface area (Å²) in [6.45, 7) is 5.99. The molecule has 1 aromatic carbocycles. The van der Waals surface area contributed by atoms with Gasteiger partial charge < -0.3 is 4.90 Å². The van der Waals surface area contributed by atoms with Crippen LogP contribution in [0.25, 0.3) is 5.69 Å². The van der Waals surface area contributed by atoms with Crippen molar-refractivity contribution in [3.05, 3.63) is 65.5 Å². The molecular weight excluding hydrogens is 378 g/mol. The zero-order chi connectivity index (χ0) is 21.0. The molecule has 1 atom stereocenters. The average Bonchev–Trinajstić information content (AvgIpc) is 3.21. The predicted molar refractivity (Wildman–Crippen MR) is 103 cm³/mol. The Balaban J connectivity index is 1.84. The fraction of sp³-hybridized carbons (Fsp3) is 0.350. The second kappa shape index (κ2) is 8.85. The van der Waals surface area contributed by atoms with Crippen LogP contribution in [0.15, 0.2) is 36.9 Å². The SMILES string of the molecule is CCN(C(=O)c1cc(F)cc(F)c1-n1nccn1)[C@@H](C)CCc1ncc(C)cn1. The first-order valence-electron chi connectivity index (χ1n) is 9.35. The van der Waals surface area contributed by atoms with Crippen LogP contribution >= 0.6 is 0 Å². The van der Waals surface area contributed by atoms with E-state index >= 15 is 0 Å². The highest BCUT2D eigenvalue weighted by atomic mass is 19.1. The summed E-state index contributed by atoms with van der Waals surface area (Å²) in [5.74, 6) is -1.54. The Morgan fingerprint density at radius 1 is 1.17 bits per heavy atom. The third-order valence-electron chi connectivity index (χ3n) is 4.63. The van der Waals surface area contributed by atoms with Crippen LogP contribution in [0.5, 0.6) is 0 Å². The zero-order valence-corrected chi connectivity index (χ0v) is 16.5. The Bertz CT molecular complexity index is 975. The normalized spacial score (nSPS) is 12.0. The molecule has 2 aromatic heterocycles. The van der Waals surface area contributed by atoms with Gasteiger partial charge in [0.1, 0.15) is 17.3 Å². The molecule has 9 heteroatoms. The molecule has 3 aromatic rings. The number of carbonyl (C=O) groups is 1. The molecule has 7 nitrogen and oxygen atoms in total. The molecule has 0 aliphatic rings. The van der Waals surface area contributed by atoms with Crippen molar-refractivity contribution in [1.82, 2.24) is 29.9 Å². The smallest absolute Gasteiger partial charge is 0.256 e. The number of rotatable bonds is 7. The average molecular weight is 400 g/mol. The van der Waals surface area contributed by atoms with Gasteiger partial charge in [-0.2, -0.15) is 10.2 Å². The number of benzene rings is 1. The lowest BCUT2D eigenvalue weighted by Crippen LogP contribution is -2.39. The Morgan fingerprint density at radius 3 is 2.45 bits per heavy atom. The van der Waals surface area contributed by atoms with Crippen LogP contribution in [0.1, 0.15) is 42.0 Å². The molecule has 0 saturated carbocycles. The molecule has 0 radical (unpaired) electrons. The van der Waals surface area contributed by atoms with Crippen molar-refractivity contribution >= 4 is 5.91 Å². The van der Waals surface area contributed by atoms with Gasteiger partial charge >= 0.3 is 0 Å². The van der Waals surface area contributed by atoms with Gasteiger partial charge in [0, 0.05) is 37.5 Å². The van der Waals surface area contributed by atoms with Crippen molar-refractivity contribution in [3.8, 4) is 5.69 Å². The number of carbonyl (C=O) groups excluding carboxylic acids is 1. The number of hydrogen-bond acceptors (Lipinski definition) is 5. The summed E-state index contributed by atoms with van der Waals surface area (Å²) >= 11 is 0. The first kappa shape index (κ1) is 20.5. The Kier molecular flexibility index (Phi) is 6.26. The third-order valence-corrected chi connectivity index (χ3v) is 4.63. The predicted octanol–water partition coefficient (Wildman–Crippen LogP) is 3.13. The molecule has 0 saturated heterocycles. The van der Waals surface area contributed by atoms with Crippen molar-refractivity contribution < 1.29 is 13.6 Å². The quantitative estimate of drug-likeness (QED) is 0.609. The second-order valence-electron chi connectivity index (χ2n) is 6.76. The Hall–Kier alpha value is -3.23. The van der Waals surface area contributed by atoms with E-state index in [1.165, 1.54) is 12.4 Å². The standard InChI is InChI=1S/C20H22F2N6O/c1-4-27(14(3)5-6-18-23-11-13(2)12-24-18)20(29)16-9-15(21)10-17(22)19(16)28-25-7-8-26-28/h7-12,14H,4-6H2,1-3H3/t14-/m0/s1. The molecule has 1 amide bonds. The number of halogens is 2. The van der Waals surface area contributed by atoms with Crippen LogP contribution in [0.4, 0.5) is 8.78 Å². The zero-order valence-electron chi connectivity index (χ0n) is 16.5. The first-order chi connectivity index (χ1) is 13.9. The second-order valence-corrected chi connectivity index (χ2v) is 6.76. The van der Waals surface area contributed by atoms with Gasteiger partial charge in [0.15, 0.2) is 5.82 Å². The lowest BCUT2D eigenvalue weighted by molar-refractivity contribution is 0.0694. The highest BCUT2D eigenvalue weighted by Crippen LogP contribution is 2.22. The Morgan fingerprint density at radius 2 is 1.83 bits per heavy atom. The van der Waals surface area contributed by atoms with Crippen molar-refractivity contribution in [2.24, 2.45) is 0 Å². The number of amides is 1. The molecule has 0 N–H and O–H groups in total. The molecule has 0 aliphatic heterocycles. The van der Waals surface area contributed by atoms with Gasteiger partial charge in [-0.15, -0.1) is 4.80 Å². The van der Waals surface area contributed by atoms with Gasteiger partial charge in [0.2, 0.25) is 0 Å². The van der Waals surface area contributed by atoms with Crippen LogP contribution in [0.3, 0.4) is 0 Å². The minimum atomic E-state index is -0.902. The molecule has 0 bridgehead atoms. The van der Waals surface area contributed by atoms with Crippen LogP contribution in [-0.2, 0) is 6.42 Å².